The van der Waals surface area contributed by atoms with Gasteiger partial charge in [0.25, 0.3) is 0 Å². The average Bonchev–Trinajstić information content (AvgIpc) is 2.49. The molecule has 0 N–H and O–H groups in total. The molecule has 22 heavy (non-hydrogen) atoms. The van der Waals surface area contributed by atoms with E-state index in [1.165, 1.54) is 17.3 Å². The third-order valence-corrected chi connectivity index (χ3v) is 4.16. The van der Waals surface area contributed by atoms with Crippen LogP contribution in [0.15, 0.2) is 35.3 Å². The number of hydrogen-bond acceptors (Lipinski definition) is 4. The molecule has 3 rings (SSSR count). The molecule has 0 spiro atoms. The van der Waals surface area contributed by atoms with Crippen molar-refractivity contribution < 1.29 is 9.47 Å². The molecule has 116 valence electrons. The lowest BCUT2D eigenvalue weighted by atomic mass is 9.85. The number of hydrogen-bond donors (Lipinski definition) is 0. The van der Waals surface area contributed by atoms with Crippen LogP contribution in [0, 0.1) is 5.92 Å². The lowest BCUT2D eigenvalue weighted by Crippen LogP contribution is -2.29. The molecule has 1 aliphatic carbocycles. The molecule has 0 saturated heterocycles. The van der Waals surface area contributed by atoms with Crippen molar-refractivity contribution in [1.82, 2.24) is 9.78 Å². The minimum Gasteiger partial charge on any atom is -0.497 e. The molecule has 2 aromatic rings. The summed E-state index contributed by atoms with van der Waals surface area (Å²) in [7, 11) is 1.59. The molecule has 1 aromatic heterocycles. The lowest BCUT2D eigenvalue weighted by molar-refractivity contribution is 0.259. The maximum atomic E-state index is 12.5. The number of aromatic nitrogens is 2. The van der Waals surface area contributed by atoms with Gasteiger partial charge in [-0.3, -0.25) is 4.79 Å². The zero-order valence-electron chi connectivity index (χ0n) is 12.3. The molecular formula is C16H17ClN2O3. The molecule has 0 bridgehead atoms. The van der Waals surface area contributed by atoms with E-state index in [9.17, 15) is 4.79 Å². The third-order valence-electron chi connectivity index (χ3n) is 3.89. The first-order valence-corrected chi connectivity index (χ1v) is 7.62. The summed E-state index contributed by atoms with van der Waals surface area (Å²) in [6.07, 6.45) is 4.97. The van der Waals surface area contributed by atoms with E-state index in [-0.39, 0.29) is 16.3 Å². The summed E-state index contributed by atoms with van der Waals surface area (Å²) in [6.45, 7) is 0.620. The first kappa shape index (κ1) is 14.9. The number of halogens is 1. The summed E-state index contributed by atoms with van der Waals surface area (Å²) in [6, 6.07) is 6.98. The van der Waals surface area contributed by atoms with Gasteiger partial charge in [-0.1, -0.05) is 18.0 Å². The largest absolute Gasteiger partial charge is 0.497 e. The van der Waals surface area contributed by atoms with Gasteiger partial charge in [-0.25, -0.2) is 4.68 Å². The van der Waals surface area contributed by atoms with Gasteiger partial charge in [0.1, 0.15) is 16.5 Å². The predicted octanol–water partition coefficient (Wildman–Crippen LogP) is 3.50. The van der Waals surface area contributed by atoms with Crippen molar-refractivity contribution in [3.8, 4) is 17.2 Å². The standard InChI is InChI=1S/C16H17ClN2O3/c1-21-12-5-7-13(8-6-12)22-15-14(17)9-18-19(16(15)20)10-11-3-2-4-11/h5-9,11H,2-4,10H2,1H3. The summed E-state index contributed by atoms with van der Waals surface area (Å²) < 4.78 is 12.2. The highest BCUT2D eigenvalue weighted by molar-refractivity contribution is 6.31. The maximum Gasteiger partial charge on any atom is 0.311 e. The molecule has 1 aromatic carbocycles. The second kappa shape index (κ2) is 6.40. The van der Waals surface area contributed by atoms with Gasteiger partial charge in [-0.2, -0.15) is 5.10 Å². The first-order chi connectivity index (χ1) is 10.7. The van der Waals surface area contributed by atoms with Crippen molar-refractivity contribution in [2.75, 3.05) is 7.11 Å². The molecule has 1 heterocycles. The SMILES string of the molecule is COc1ccc(Oc2c(Cl)cnn(CC3CCC3)c2=O)cc1. The van der Waals surface area contributed by atoms with Gasteiger partial charge in [-0.15, -0.1) is 0 Å². The molecule has 0 radical (unpaired) electrons. The highest BCUT2D eigenvalue weighted by atomic mass is 35.5. The van der Waals surface area contributed by atoms with Crippen molar-refractivity contribution in [1.29, 1.82) is 0 Å². The van der Waals surface area contributed by atoms with Crippen LogP contribution in [0.5, 0.6) is 17.2 Å². The molecule has 1 aliphatic rings. The zero-order valence-corrected chi connectivity index (χ0v) is 13.0. The second-order valence-electron chi connectivity index (χ2n) is 5.38. The highest BCUT2D eigenvalue weighted by Gasteiger charge is 2.21. The van der Waals surface area contributed by atoms with Crippen LogP contribution < -0.4 is 15.0 Å². The Balaban J connectivity index is 1.84. The summed E-state index contributed by atoms with van der Waals surface area (Å²) in [4.78, 5) is 12.5. The van der Waals surface area contributed by atoms with E-state index in [0.29, 0.717) is 18.2 Å². The predicted molar refractivity (Wildman–Crippen MR) is 83.9 cm³/mol. The number of ether oxygens (including phenoxy) is 2. The molecule has 1 fully saturated rings. The summed E-state index contributed by atoms with van der Waals surface area (Å²) in [5.74, 6) is 1.89. The van der Waals surface area contributed by atoms with E-state index in [0.717, 1.165) is 18.6 Å². The Hall–Kier alpha value is -2.01. The molecular weight excluding hydrogens is 304 g/mol. The van der Waals surface area contributed by atoms with Crippen molar-refractivity contribution in [3.63, 3.8) is 0 Å². The fourth-order valence-corrected chi connectivity index (χ4v) is 2.52. The fourth-order valence-electron chi connectivity index (χ4n) is 2.35. The number of rotatable bonds is 5. The number of methoxy groups -OCH3 is 1. The summed E-state index contributed by atoms with van der Waals surface area (Å²) >= 11 is 6.07. The third kappa shape index (κ3) is 3.09. The highest BCUT2D eigenvalue weighted by Crippen LogP contribution is 2.29. The quantitative estimate of drug-likeness (QED) is 0.846. The zero-order chi connectivity index (χ0) is 15.5. The Morgan fingerprint density at radius 2 is 1.95 bits per heavy atom. The fraction of sp³-hybridized carbons (Fsp3) is 0.375. The topological polar surface area (TPSA) is 53.4 Å². The Kier molecular flexibility index (Phi) is 4.34. The van der Waals surface area contributed by atoms with Crippen LogP contribution >= 0.6 is 11.6 Å². The van der Waals surface area contributed by atoms with E-state index in [4.69, 9.17) is 21.1 Å². The van der Waals surface area contributed by atoms with E-state index in [1.807, 2.05) is 0 Å². The van der Waals surface area contributed by atoms with Crippen LogP contribution in [0.2, 0.25) is 5.02 Å². The van der Waals surface area contributed by atoms with Crippen molar-refractivity contribution >= 4 is 11.6 Å². The van der Waals surface area contributed by atoms with Gasteiger partial charge in [0.05, 0.1) is 13.3 Å². The monoisotopic (exact) mass is 320 g/mol. The summed E-state index contributed by atoms with van der Waals surface area (Å²) in [5.41, 5.74) is -0.296. The molecule has 5 nitrogen and oxygen atoms in total. The Bertz CT molecular complexity index is 708. The average molecular weight is 321 g/mol. The van der Waals surface area contributed by atoms with Gasteiger partial charge in [0.15, 0.2) is 0 Å². The van der Waals surface area contributed by atoms with E-state index in [2.05, 4.69) is 5.10 Å². The Morgan fingerprint density at radius 3 is 2.55 bits per heavy atom. The maximum absolute atomic E-state index is 12.5. The van der Waals surface area contributed by atoms with Gasteiger partial charge in [0.2, 0.25) is 5.75 Å². The number of benzene rings is 1. The van der Waals surface area contributed by atoms with E-state index < -0.39 is 0 Å². The van der Waals surface area contributed by atoms with Gasteiger partial charge >= 0.3 is 5.56 Å². The minimum atomic E-state index is -0.296. The van der Waals surface area contributed by atoms with Gasteiger partial charge < -0.3 is 9.47 Å². The second-order valence-corrected chi connectivity index (χ2v) is 5.79. The molecule has 0 atom stereocenters. The van der Waals surface area contributed by atoms with Crippen LogP contribution in [0.1, 0.15) is 19.3 Å². The first-order valence-electron chi connectivity index (χ1n) is 7.25. The normalized spacial score (nSPS) is 14.5. The van der Waals surface area contributed by atoms with Crippen LogP contribution in [0.3, 0.4) is 0 Å². The number of nitrogens with zero attached hydrogens (tertiary/aromatic N) is 2. The van der Waals surface area contributed by atoms with E-state index >= 15 is 0 Å². The smallest absolute Gasteiger partial charge is 0.311 e. The van der Waals surface area contributed by atoms with Crippen LogP contribution in [0.25, 0.3) is 0 Å². The molecule has 0 aliphatic heterocycles. The van der Waals surface area contributed by atoms with Crippen LogP contribution in [0.4, 0.5) is 0 Å². The lowest BCUT2D eigenvalue weighted by Gasteiger charge is -2.25. The minimum absolute atomic E-state index is 0.112. The van der Waals surface area contributed by atoms with E-state index in [1.54, 1.807) is 31.4 Å². The van der Waals surface area contributed by atoms with Crippen molar-refractivity contribution in [2.45, 2.75) is 25.8 Å². The molecule has 0 amide bonds. The molecule has 0 unspecified atom stereocenters. The van der Waals surface area contributed by atoms with Crippen LogP contribution in [-0.2, 0) is 6.54 Å². The van der Waals surface area contributed by atoms with Gasteiger partial charge in [0, 0.05) is 6.54 Å². The molecule has 1 saturated carbocycles. The molecule has 6 heteroatoms. The Morgan fingerprint density at radius 1 is 1.27 bits per heavy atom. The van der Waals surface area contributed by atoms with Crippen molar-refractivity contribution in [2.24, 2.45) is 5.92 Å². The summed E-state index contributed by atoms with van der Waals surface area (Å²) in [5, 5.41) is 4.32. The van der Waals surface area contributed by atoms with Crippen molar-refractivity contribution in [3.05, 3.63) is 45.8 Å². The van der Waals surface area contributed by atoms with Crippen LogP contribution in [-0.4, -0.2) is 16.9 Å². The Labute approximate surface area is 133 Å². The van der Waals surface area contributed by atoms with Gasteiger partial charge in [-0.05, 0) is 43.0 Å².